The third-order valence-electron chi connectivity index (χ3n) is 0. The molecule has 5 heteroatoms. The van der Waals surface area contributed by atoms with Crippen molar-refractivity contribution in [2.24, 2.45) is 0 Å². The van der Waals surface area contributed by atoms with Gasteiger partial charge in [-0.1, -0.05) is 0 Å². The monoisotopic (exact) mass is 223 g/mol. The van der Waals surface area contributed by atoms with Crippen molar-refractivity contribution in [3.05, 3.63) is 0 Å². The maximum absolute atomic E-state index is 0. The van der Waals surface area contributed by atoms with Gasteiger partial charge < -0.3 is 12.4 Å². The van der Waals surface area contributed by atoms with Crippen LogP contribution in [-0.2, 0) is 28.0 Å². The number of hydrogen-bond acceptors (Lipinski definition) is 0. The van der Waals surface area contributed by atoms with Crippen LogP contribution in [0, 0.1) is 0 Å². The molecule has 0 N–H and O–H groups in total. The van der Waals surface area contributed by atoms with E-state index in [1.54, 1.807) is 0 Å². The Morgan fingerprint density at radius 3 is 1.00 bits per heavy atom. The molecule has 0 aromatic heterocycles. The van der Waals surface area contributed by atoms with E-state index < -0.39 is 0 Å². The summed E-state index contributed by atoms with van der Waals surface area (Å²) in [7, 11) is 0. The van der Waals surface area contributed by atoms with Crippen LogP contribution < -0.4 is 18.9 Å². The first-order valence-electron chi connectivity index (χ1n) is 0. The van der Waals surface area contributed by atoms with Gasteiger partial charge >= 0.3 is 42.8 Å². The molecule has 0 saturated heterocycles. The molecule has 0 fully saturated rings. The maximum Gasteiger partial charge on any atom is 4.00 e. The van der Waals surface area contributed by atoms with Gasteiger partial charge in [-0.25, -0.2) is 0 Å². The fraction of sp³-hybridized carbons (Fsp3) is 0. The fourth-order valence-corrected chi connectivity index (χ4v) is 0. The van der Waals surface area contributed by atoms with Crippen LogP contribution in [0.2, 0.25) is 0 Å². The Balaban J connectivity index is 0. The molecule has 0 aromatic carbocycles. The molecule has 0 aliphatic rings. The molecule has 0 aliphatic heterocycles. The van der Waals surface area contributed by atoms with Crippen molar-refractivity contribution in [3.63, 3.8) is 0 Å². The Labute approximate surface area is 71.8 Å². The molecule has 5 heavy (non-hydrogen) atoms. The van der Waals surface area contributed by atoms with Crippen LogP contribution in [0.1, 0.15) is 1.43 Å². The van der Waals surface area contributed by atoms with E-state index in [4.69, 9.17) is 0 Å². The van der Waals surface area contributed by atoms with Crippen molar-refractivity contribution < 1.29 is 48.3 Å². The van der Waals surface area contributed by atoms with E-state index in [1.807, 2.05) is 0 Å². The number of rotatable bonds is 0. The van der Waals surface area contributed by atoms with Gasteiger partial charge in [-0.3, -0.25) is 0 Å². The molecular weight excluding hydrogens is 221 g/mol. The van der Waals surface area contributed by atoms with Gasteiger partial charge in [-0.15, -0.1) is 0 Å². The van der Waals surface area contributed by atoms with E-state index in [0.29, 0.717) is 0 Å². The first-order valence-corrected chi connectivity index (χ1v) is 0. The molecule has 0 amide bonds. The van der Waals surface area contributed by atoms with Gasteiger partial charge in [-0.05, 0) is 0 Å². The summed E-state index contributed by atoms with van der Waals surface area (Å²) in [6, 6.07) is 0. The summed E-state index contributed by atoms with van der Waals surface area (Å²) in [6.45, 7) is 0. The van der Waals surface area contributed by atoms with Crippen molar-refractivity contribution in [1.82, 2.24) is 0 Å². The minimum atomic E-state index is 0. The average molecular weight is 222 g/mol. The molecule has 29 valence electrons. The van der Waals surface area contributed by atoms with Crippen molar-refractivity contribution in [2.75, 3.05) is 0 Å². The summed E-state index contributed by atoms with van der Waals surface area (Å²) in [6.07, 6.45) is 0. The van der Waals surface area contributed by atoms with Crippen molar-refractivity contribution in [1.29, 1.82) is 0 Å². The van der Waals surface area contributed by atoms with Crippen LogP contribution in [0.5, 0.6) is 0 Å². The smallest absolute Gasteiger partial charge is 2.00 e. The third-order valence-corrected chi connectivity index (χ3v) is 0. The van der Waals surface area contributed by atoms with Gasteiger partial charge in [0.25, 0.3) is 0 Å². The van der Waals surface area contributed by atoms with Gasteiger partial charge in [0.05, 0.1) is 0 Å². The standard InChI is InChI=1S/Cu.Li.2O.Sn.H/q;+1;2*-2;+4;-1. The molecular formula is HCuLiO2Sn. The van der Waals surface area contributed by atoms with Crippen molar-refractivity contribution in [3.8, 4) is 0 Å². The zero-order valence-electron chi connectivity index (χ0n) is 3.62. The van der Waals surface area contributed by atoms with E-state index in [2.05, 4.69) is 0 Å². The van der Waals surface area contributed by atoms with E-state index in [-0.39, 0.29) is 72.2 Å². The predicted molar refractivity (Wildman–Crippen MR) is 8.24 cm³/mol. The second-order valence-electron chi connectivity index (χ2n) is 0. The summed E-state index contributed by atoms with van der Waals surface area (Å²) >= 11 is 0. The molecule has 0 spiro atoms. The van der Waals surface area contributed by atoms with Gasteiger partial charge in [0.1, 0.15) is 0 Å². The Bertz CT molecular complexity index is 13.5. The topological polar surface area (TPSA) is 57.0 Å². The van der Waals surface area contributed by atoms with Crippen LogP contribution in [0.3, 0.4) is 0 Å². The van der Waals surface area contributed by atoms with Crippen LogP contribution in [0.4, 0.5) is 0 Å². The summed E-state index contributed by atoms with van der Waals surface area (Å²) in [5, 5.41) is 0. The minimum absolute atomic E-state index is 0. The van der Waals surface area contributed by atoms with E-state index in [9.17, 15) is 0 Å². The molecule has 2 nitrogen and oxygen atoms in total. The largest absolute Gasteiger partial charge is 4.00 e. The van der Waals surface area contributed by atoms with Gasteiger partial charge in [0, 0.05) is 17.1 Å². The zero-order valence-corrected chi connectivity index (χ0v) is 6.41. The predicted octanol–water partition coefficient (Wildman–Crippen LogP) is -3.50. The summed E-state index contributed by atoms with van der Waals surface area (Å²) in [4.78, 5) is 0. The molecule has 0 unspecified atom stereocenters. The van der Waals surface area contributed by atoms with Crippen LogP contribution in [-0.4, -0.2) is 23.9 Å². The van der Waals surface area contributed by atoms with Gasteiger partial charge in [0.2, 0.25) is 0 Å². The summed E-state index contributed by atoms with van der Waals surface area (Å²) in [5.74, 6) is 0. The first kappa shape index (κ1) is 69.1. The normalized spacial score (nSPS) is 0. The molecule has 0 heterocycles. The van der Waals surface area contributed by atoms with Crippen LogP contribution in [0.15, 0.2) is 0 Å². The molecule has 0 atom stereocenters. The molecule has 1 radical (unpaired) electrons. The summed E-state index contributed by atoms with van der Waals surface area (Å²) < 4.78 is 0. The fourth-order valence-electron chi connectivity index (χ4n) is 0. The second-order valence-corrected chi connectivity index (χ2v) is 0. The third kappa shape index (κ3) is 25.5. The van der Waals surface area contributed by atoms with E-state index >= 15 is 0 Å². The minimum Gasteiger partial charge on any atom is -2.00 e. The molecule has 0 rings (SSSR count). The van der Waals surface area contributed by atoms with E-state index in [0.717, 1.165) is 0 Å². The van der Waals surface area contributed by atoms with Crippen molar-refractivity contribution in [2.45, 2.75) is 0 Å². The Kier molecular flexibility index (Phi) is 560. The van der Waals surface area contributed by atoms with Gasteiger partial charge in [0.15, 0.2) is 0 Å². The van der Waals surface area contributed by atoms with Gasteiger partial charge in [-0.2, -0.15) is 0 Å². The Morgan fingerprint density at radius 1 is 1.00 bits per heavy atom. The SMILES string of the molecule is [Cu].[H-].[Li+].[O-2].[O-2].[Sn+4]. The quantitative estimate of drug-likeness (QED) is 0.382. The van der Waals surface area contributed by atoms with E-state index in [1.165, 1.54) is 0 Å². The Hall–Kier alpha value is 1.84. The number of hydrogen-bond donors (Lipinski definition) is 0. The second kappa shape index (κ2) is 40.5. The zero-order chi connectivity index (χ0) is 0. The molecule has 0 bridgehead atoms. The average Bonchev–Trinajstić information content (AvgIpc) is 0. The molecule has 0 aliphatic carbocycles. The first-order chi connectivity index (χ1) is 0. The molecule has 0 saturated carbocycles. The maximum atomic E-state index is 0. The summed E-state index contributed by atoms with van der Waals surface area (Å²) in [5.41, 5.74) is 0. The van der Waals surface area contributed by atoms with Crippen molar-refractivity contribution >= 4 is 23.9 Å². The van der Waals surface area contributed by atoms with Crippen LogP contribution >= 0.6 is 0 Å². The Morgan fingerprint density at radius 2 is 1.00 bits per heavy atom. The van der Waals surface area contributed by atoms with Crippen LogP contribution in [0.25, 0.3) is 0 Å². The molecule has 0 aromatic rings.